The summed E-state index contributed by atoms with van der Waals surface area (Å²) in [6, 6.07) is 0. The molecule has 0 aromatic rings. The fourth-order valence-corrected chi connectivity index (χ4v) is 2.06. The molecule has 0 bridgehead atoms. The second kappa shape index (κ2) is 6.86. The first-order chi connectivity index (χ1) is 8.19. The van der Waals surface area contributed by atoms with Crippen LogP contribution >= 0.6 is 11.8 Å². The van der Waals surface area contributed by atoms with Gasteiger partial charge in [-0.25, -0.2) is 0 Å². The first-order valence-electron chi connectivity index (χ1n) is 5.31. The number of thioether (sulfide) groups is 1. The molecule has 4 nitrogen and oxygen atoms in total. The molecule has 0 fully saturated rings. The molecule has 8 heteroatoms. The van der Waals surface area contributed by atoms with Crippen molar-refractivity contribution in [2.24, 2.45) is 5.41 Å². The van der Waals surface area contributed by atoms with E-state index < -0.39 is 35.0 Å². The van der Waals surface area contributed by atoms with E-state index in [2.05, 4.69) is 4.74 Å². The van der Waals surface area contributed by atoms with E-state index in [4.69, 9.17) is 5.11 Å². The molecule has 0 saturated carbocycles. The molecule has 0 aromatic heterocycles. The van der Waals surface area contributed by atoms with E-state index in [0.717, 1.165) is 0 Å². The van der Waals surface area contributed by atoms with E-state index in [1.165, 1.54) is 13.8 Å². The first kappa shape index (κ1) is 17.1. The first-order valence-corrected chi connectivity index (χ1v) is 6.29. The van der Waals surface area contributed by atoms with Gasteiger partial charge in [-0.05, 0) is 19.8 Å². The number of halogens is 3. The van der Waals surface area contributed by atoms with Crippen LogP contribution in [0.3, 0.4) is 0 Å². The van der Waals surface area contributed by atoms with Gasteiger partial charge in [-0.15, -0.1) is 0 Å². The van der Waals surface area contributed by atoms with Crippen LogP contribution in [0.1, 0.15) is 26.7 Å². The summed E-state index contributed by atoms with van der Waals surface area (Å²) in [5.74, 6) is -2.93. The molecule has 0 aliphatic heterocycles. The summed E-state index contributed by atoms with van der Waals surface area (Å²) in [5.41, 5.74) is -6.33. The van der Waals surface area contributed by atoms with E-state index >= 15 is 0 Å². The summed E-state index contributed by atoms with van der Waals surface area (Å²) in [5, 5.41) is 9.06. The van der Waals surface area contributed by atoms with Crippen LogP contribution in [0.2, 0.25) is 0 Å². The van der Waals surface area contributed by atoms with Gasteiger partial charge in [-0.3, -0.25) is 9.59 Å². The molecular formula is C10H15F3O4S. The highest BCUT2D eigenvalue weighted by Gasteiger charge is 2.46. The average Bonchev–Trinajstić information content (AvgIpc) is 2.22. The van der Waals surface area contributed by atoms with Crippen molar-refractivity contribution in [2.75, 3.05) is 12.4 Å². The van der Waals surface area contributed by atoms with E-state index in [1.54, 1.807) is 0 Å². The summed E-state index contributed by atoms with van der Waals surface area (Å²) >= 11 is -0.342. The van der Waals surface area contributed by atoms with Crippen molar-refractivity contribution in [3.05, 3.63) is 0 Å². The van der Waals surface area contributed by atoms with Crippen LogP contribution in [0, 0.1) is 5.41 Å². The molecule has 0 aromatic carbocycles. The lowest BCUT2D eigenvalue weighted by Gasteiger charge is -2.25. The Morgan fingerprint density at radius 3 is 2.17 bits per heavy atom. The number of alkyl halides is 3. The summed E-state index contributed by atoms with van der Waals surface area (Å²) < 4.78 is 40.6. The maximum Gasteiger partial charge on any atom is 0.441 e. The predicted octanol–water partition coefficient (Wildman–Crippen LogP) is 2.67. The number of carbonyl (C=O) groups is 2. The van der Waals surface area contributed by atoms with Gasteiger partial charge in [-0.2, -0.15) is 13.2 Å². The normalized spacial score (nSPS) is 14.9. The zero-order valence-electron chi connectivity index (χ0n) is 10.0. The molecule has 0 aliphatic rings. The number of aliphatic carboxylic acids is 1. The van der Waals surface area contributed by atoms with E-state index in [-0.39, 0.29) is 24.8 Å². The molecule has 0 rings (SSSR count). The third-order valence-corrected chi connectivity index (χ3v) is 3.21. The minimum absolute atomic E-state index is 0.0136. The van der Waals surface area contributed by atoms with Crippen molar-refractivity contribution in [3.63, 3.8) is 0 Å². The second-order valence-corrected chi connectivity index (χ2v) is 4.67. The number of hydrogen-bond acceptors (Lipinski definition) is 4. The van der Waals surface area contributed by atoms with Crippen molar-refractivity contribution in [1.82, 2.24) is 0 Å². The van der Waals surface area contributed by atoms with Crippen LogP contribution < -0.4 is 0 Å². The SMILES string of the molecule is CCOC(=O)C(CC)(CCSC(F)(F)F)C(=O)O. The van der Waals surface area contributed by atoms with Crippen molar-refractivity contribution >= 4 is 23.7 Å². The minimum Gasteiger partial charge on any atom is -0.480 e. The number of esters is 1. The van der Waals surface area contributed by atoms with Crippen LogP contribution in [0.5, 0.6) is 0 Å². The largest absolute Gasteiger partial charge is 0.480 e. The maximum atomic E-state index is 12.0. The van der Waals surface area contributed by atoms with Crippen molar-refractivity contribution in [1.29, 1.82) is 0 Å². The van der Waals surface area contributed by atoms with Gasteiger partial charge in [0.25, 0.3) is 0 Å². The van der Waals surface area contributed by atoms with E-state index in [1.807, 2.05) is 0 Å². The topological polar surface area (TPSA) is 63.6 Å². The van der Waals surface area contributed by atoms with Crippen molar-refractivity contribution in [3.8, 4) is 0 Å². The van der Waals surface area contributed by atoms with Gasteiger partial charge >= 0.3 is 17.4 Å². The standard InChI is InChI=1S/C10H15F3O4S/c1-3-9(7(14)15,8(16)17-4-2)5-6-18-10(11,12)13/h3-6H2,1-2H3,(H,14,15). The van der Waals surface area contributed by atoms with Crippen LogP contribution in [0.4, 0.5) is 13.2 Å². The lowest BCUT2D eigenvalue weighted by molar-refractivity contribution is -0.169. The van der Waals surface area contributed by atoms with E-state index in [9.17, 15) is 22.8 Å². The molecule has 0 radical (unpaired) electrons. The Hall–Kier alpha value is -0.920. The molecular weight excluding hydrogens is 273 g/mol. The number of rotatable bonds is 7. The zero-order chi connectivity index (χ0) is 14.4. The minimum atomic E-state index is -4.44. The van der Waals surface area contributed by atoms with Crippen LogP contribution in [-0.4, -0.2) is 34.9 Å². The Morgan fingerprint density at radius 1 is 1.28 bits per heavy atom. The highest BCUT2D eigenvalue weighted by atomic mass is 32.2. The number of carboxylic acids is 1. The number of carboxylic acid groups (broad SMARTS) is 1. The maximum absolute atomic E-state index is 12.0. The molecule has 1 unspecified atom stereocenters. The lowest BCUT2D eigenvalue weighted by atomic mass is 9.82. The number of carbonyl (C=O) groups excluding carboxylic acids is 1. The molecule has 0 spiro atoms. The second-order valence-electron chi connectivity index (χ2n) is 3.51. The summed E-state index contributed by atoms with van der Waals surface area (Å²) in [6.07, 6.45) is -0.526. The number of hydrogen-bond donors (Lipinski definition) is 1. The number of ether oxygens (including phenoxy) is 1. The third kappa shape index (κ3) is 4.75. The molecule has 18 heavy (non-hydrogen) atoms. The van der Waals surface area contributed by atoms with Crippen LogP contribution in [0.25, 0.3) is 0 Å². The van der Waals surface area contributed by atoms with Gasteiger partial charge in [0.05, 0.1) is 6.61 Å². The van der Waals surface area contributed by atoms with Crippen LogP contribution in [-0.2, 0) is 14.3 Å². The third-order valence-electron chi connectivity index (χ3n) is 2.47. The predicted molar refractivity (Wildman–Crippen MR) is 60.1 cm³/mol. The highest BCUT2D eigenvalue weighted by Crippen LogP contribution is 2.36. The Morgan fingerprint density at radius 2 is 1.83 bits per heavy atom. The summed E-state index contributed by atoms with van der Waals surface area (Å²) in [6.45, 7) is 2.92. The molecule has 106 valence electrons. The fraction of sp³-hybridized carbons (Fsp3) is 0.800. The fourth-order valence-electron chi connectivity index (χ4n) is 1.38. The monoisotopic (exact) mass is 288 g/mol. The van der Waals surface area contributed by atoms with Gasteiger partial charge in [0.15, 0.2) is 5.41 Å². The van der Waals surface area contributed by atoms with Gasteiger partial charge in [0, 0.05) is 5.75 Å². The molecule has 0 amide bonds. The summed E-state index contributed by atoms with van der Waals surface area (Å²) in [7, 11) is 0. The summed E-state index contributed by atoms with van der Waals surface area (Å²) in [4.78, 5) is 22.7. The van der Waals surface area contributed by atoms with Gasteiger partial charge < -0.3 is 9.84 Å². The Bertz CT molecular complexity index is 306. The zero-order valence-corrected chi connectivity index (χ0v) is 10.9. The smallest absolute Gasteiger partial charge is 0.441 e. The molecule has 0 saturated heterocycles. The van der Waals surface area contributed by atoms with Gasteiger partial charge in [0.1, 0.15) is 0 Å². The van der Waals surface area contributed by atoms with E-state index in [0.29, 0.717) is 0 Å². The molecule has 1 atom stereocenters. The molecule has 1 N–H and O–H groups in total. The average molecular weight is 288 g/mol. The van der Waals surface area contributed by atoms with Gasteiger partial charge in [0.2, 0.25) is 0 Å². The van der Waals surface area contributed by atoms with Gasteiger partial charge in [-0.1, -0.05) is 18.7 Å². The Kier molecular flexibility index (Phi) is 6.51. The molecule has 0 aliphatic carbocycles. The Balaban J connectivity index is 4.78. The molecule has 0 heterocycles. The quantitative estimate of drug-likeness (QED) is 0.576. The Labute approximate surface area is 107 Å². The lowest BCUT2D eigenvalue weighted by Crippen LogP contribution is -2.41. The highest BCUT2D eigenvalue weighted by molar-refractivity contribution is 8.00. The van der Waals surface area contributed by atoms with Crippen molar-refractivity contribution in [2.45, 2.75) is 32.2 Å². The van der Waals surface area contributed by atoms with Crippen LogP contribution in [0.15, 0.2) is 0 Å². The van der Waals surface area contributed by atoms with Crippen molar-refractivity contribution < 1.29 is 32.6 Å².